The van der Waals surface area contributed by atoms with Gasteiger partial charge in [-0.15, -0.1) is 0 Å². The van der Waals surface area contributed by atoms with Gasteiger partial charge in [0.05, 0.1) is 6.54 Å². The maximum Gasteiger partial charge on any atom is 0.148 e. The highest BCUT2D eigenvalue weighted by Crippen LogP contribution is 2.20. The average molecular weight is 261 g/mol. The Morgan fingerprint density at radius 2 is 2.16 bits per heavy atom. The normalized spacial score (nSPS) is 12.2. The van der Waals surface area contributed by atoms with Crippen LogP contribution in [0, 0.1) is 0 Å². The number of nitrogens with two attached hydrogens (primary N) is 1. The Morgan fingerprint density at radius 1 is 1.37 bits per heavy atom. The summed E-state index contributed by atoms with van der Waals surface area (Å²) in [6.07, 6.45) is 6.01. The van der Waals surface area contributed by atoms with Crippen molar-refractivity contribution < 1.29 is 0 Å². The molecular formula is C12H19N7. The Bertz CT molecular complexity index is 509. The molecule has 0 aromatic carbocycles. The van der Waals surface area contributed by atoms with Gasteiger partial charge < -0.3 is 10.7 Å². The van der Waals surface area contributed by atoms with Crippen molar-refractivity contribution in [1.29, 1.82) is 0 Å². The van der Waals surface area contributed by atoms with E-state index in [1.54, 1.807) is 6.20 Å². The molecular weight excluding hydrogens is 242 g/mol. The van der Waals surface area contributed by atoms with E-state index in [1.807, 2.05) is 23.9 Å². The van der Waals surface area contributed by atoms with E-state index < -0.39 is 0 Å². The summed E-state index contributed by atoms with van der Waals surface area (Å²) in [6.45, 7) is 4.90. The molecule has 1 unspecified atom stereocenters. The lowest BCUT2D eigenvalue weighted by Crippen LogP contribution is -2.24. The number of nitrogens with one attached hydrogen (secondary N) is 2. The van der Waals surface area contributed by atoms with Crippen molar-refractivity contribution in [2.75, 3.05) is 10.7 Å². The smallest absolute Gasteiger partial charge is 0.148 e. The van der Waals surface area contributed by atoms with Gasteiger partial charge in [0.25, 0.3) is 0 Å². The molecule has 0 radical (unpaired) electrons. The second-order valence-electron chi connectivity index (χ2n) is 4.32. The second kappa shape index (κ2) is 6.14. The van der Waals surface area contributed by atoms with Crippen LogP contribution in [-0.2, 0) is 13.0 Å². The van der Waals surface area contributed by atoms with Crippen LogP contribution in [0.25, 0.3) is 0 Å². The fourth-order valence-corrected chi connectivity index (χ4v) is 1.96. The van der Waals surface area contributed by atoms with E-state index in [0.29, 0.717) is 5.82 Å². The predicted octanol–water partition coefficient (Wildman–Crippen LogP) is 1.02. The molecule has 2 heterocycles. The van der Waals surface area contributed by atoms with Crippen LogP contribution in [0.15, 0.2) is 24.8 Å². The summed E-state index contributed by atoms with van der Waals surface area (Å²) in [6, 6.07) is 2.11. The van der Waals surface area contributed by atoms with Gasteiger partial charge in [0, 0.05) is 24.0 Å². The molecule has 1 atom stereocenters. The highest BCUT2D eigenvalue weighted by Gasteiger charge is 2.11. The molecule has 102 valence electrons. The third-order valence-corrected chi connectivity index (χ3v) is 2.84. The Hall–Kier alpha value is -2.15. The minimum absolute atomic E-state index is 0.200. The minimum Gasteiger partial charge on any atom is -0.365 e. The quantitative estimate of drug-likeness (QED) is 0.531. The number of hydrazine groups is 1. The Kier molecular flexibility index (Phi) is 4.30. The monoisotopic (exact) mass is 261 g/mol. The molecule has 7 heteroatoms. The summed E-state index contributed by atoms with van der Waals surface area (Å²) in [4.78, 5) is 8.39. The lowest BCUT2D eigenvalue weighted by atomic mass is 10.2. The van der Waals surface area contributed by atoms with E-state index in [4.69, 9.17) is 5.84 Å². The second-order valence-corrected chi connectivity index (χ2v) is 4.32. The summed E-state index contributed by atoms with van der Waals surface area (Å²) >= 11 is 0. The Morgan fingerprint density at radius 3 is 2.79 bits per heavy atom. The number of nitrogen functional groups attached to an aromatic ring is 1. The van der Waals surface area contributed by atoms with E-state index >= 15 is 0 Å². The van der Waals surface area contributed by atoms with Gasteiger partial charge in [-0.1, -0.05) is 6.92 Å². The van der Waals surface area contributed by atoms with Crippen LogP contribution < -0.4 is 16.6 Å². The van der Waals surface area contributed by atoms with Crippen molar-refractivity contribution in [2.45, 2.75) is 32.9 Å². The van der Waals surface area contributed by atoms with E-state index in [-0.39, 0.29) is 6.04 Å². The van der Waals surface area contributed by atoms with Crippen LogP contribution in [0.2, 0.25) is 0 Å². The van der Waals surface area contributed by atoms with Crippen molar-refractivity contribution in [3.63, 3.8) is 0 Å². The van der Waals surface area contributed by atoms with Gasteiger partial charge in [-0.05, 0) is 19.4 Å². The standard InChI is InChI=1S/C12H19N7/c1-3-10-11(14-8-15-12(10)18-13)17-9(2)7-19-6-4-5-16-19/h4-6,8-9H,3,7,13H2,1-2H3,(H2,14,15,17,18). The maximum absolute atomic E-state index is 5.45. The van der Waals surface area contributed by atoms with Crippen molar-refractivity contribution in [2.24, 2.45) is 5.84 Å². The molecule has 0 bridgehead atoms. The molecule has 2 aromatic heterocycles. The molecule has 0 saturated carbocycles. The number of anilines is 2. The average Bonchev–Trinajstić information content (AvgIpc) is 2.91. The molecule has 0 aliphatic heterocycles. The summed E-state index contributed by atoms with van der Waals surface area (Å²) in [7, 11) is 0. The molecule has 19 heavy (non-hydrogen) atoms. The van der Waals surface area contributed by atoms with Gasteiger partial charge in [0.2, 0.25) is 0 Å². The zero-order valence-electron chi connectivity index (χ0n) is 11.2. The van der Waals surface area contributed by atoms with Gasteiger partial charge in [0.1, 0.15) is 18.0 Å². The molecule has 7 nitrogen and oxygen atoms in total. The first-order valence-corrected chi connectivity index (χ1v) is 6.29. The number of rotatable bonds is 6. The highest BCUT2D eigenvalue weighted by molar-refractivity contribution is 5.57. The predicted molar refractivity (Wildman–Crippen MR) is 74.5 cm³/mol. The molecule has 0 amide bonds. The highest BCUT2D eigenvalue weighted by atomic mass is 15.3. The van der Waals surface area contributed by atoms with Crippen LogP contribution in [0.5, 0.6) is 0 Å². The lowest BCUT2D eigenvalue weighted by molar-refractivity contribution is 0.559. The Labute approximate surface area is 112 Å². The van der Waals surface area contributed by atoms with Gasteiger partial charge in [0.15, 0.2) is 0 Å². The van der Waals surface area contributed by atoms with Gasteiger partial charge >= 0.3 is 0 Å². The Balaban J connectivity index is 2.09. The van der Waals surface area contributed by atoms with Gasteiger partial charge in [-0.2, -0.15) is 5.10 Å². The van der Waals surface area contributed by atoms with E-state index in [0.717, 1.165) is 24.3 Å². The molecule has 0 aliphatic rings. The van der Waals surface area contributed by atoms with Crippen LogP contribution >= 0.6 is 0 Å². The largest absolute Gasteiger partial charge is 0.365 e. The van der Waals surface area contributed by atoms with Crippen molar-refractivity contribution in [3.05, 3.63) is 30.4 Å². The first-order chi connectivity index (χ1) is 9.24. The first kappa shape index (κ1) is 13.3. The molecule has 0 saturated heterocycles. The number of hydrogen-bond acceptors (Lipinski definition) is 6. The third-order valence-electron chi connectivity index (χ3n) is 2.84. The molecule has 0 spiro atoms. The summed E-state index contributed by atoms with van der Waals surface area (Å²) in [5.74, 6) is 6.92. The molecule has 2 aromatic rings. The summed E-state index contributed by atoms with van der Waals surface area (Å²) in [5.41, 5.74) is 3.58. The zero-order valence-corrected chi connectivity index (χ0v) is 11.2. The van der Waals surface area contributed by atoms with E-state index in [2.05, 4.69) is 32.7 Å². The zero-order chi connectivity index (χ0) is 13.7. The lowest BCUT2D eigenvalue weighted by Gasteiger charge is -2.18. The van der Waals surface area contributed by atoms with Crippen LogP contribution in [0.3, 0.4) is 0 Å². The SMILES string of the molecule is CCc1c(NN)ncnc1NC(C)Cn1cccn1. The van der Waals surface area contributed by atoms with Gasteiger partial charge in [-0.25, -0.2) is 15.8 Å². The number of nitrogens with zero attached hydrogens (tertiary/aromatic N) is 4. The molecule has 2 rings (SSSR count). The minimum atomic E-state index is 0.200. The summed E-state index contributed by atoms with van der Waals surface area (Å²) in [5, 5.41) is 7.55. The maximum atomic E-state index is 5.45. The third kappa shape index (κ3) is 3.19. The number of aromatic nitrogens is 4. The van der Waals surface area contributed by atoms with Crippen molar-refractivity contribution in [3.8, 4) is 0 Å². The van der Waals surface area contributed by atoms with E-state index in [9.17, 15) is 0 Å². The molecule has 4 N–H and O–H groups in total. The van der Waals surface area contributed by atoms with Crippen molar-refractivity contribution in [1.82, 2.24) is 19.7 Å². The first-order valence-electron chi connectivity index (χ1n) is 6.29. The van der Waals surface area contributed by atoms with Crippen LogP contribution in [-0.4, -0.2) is 25.8 Å². The molecule has 0 aliphatic carbocycles. The van der Waals surface area contributed by atoms with Crippen molar-refractivity contribution >= 4 is 11.6 Å². The van der Waals surface area contributed by atoms with Gasteiger partial charge in [-0.3, -0.25) is 4.68 Å². The van der Waals surface area contributed by atoms with Crippen LogP contribution in [0.1, 0.15) is 19.4 Å². The van der Waals surface area contributed by atoms with Crippen LogP contribution in [0.4, 0.5) is 11.6 Å². The molecule has 0 fully saturated rings. The summed E-state index contributed by atoms with van der Waals surface area (Å²) < 4.78 is 1.88. The fraction of sp³-hybridized carbons (Fsp3) is 0.417. The topological polar surface area (TPSA) is 93.7 Å². The van der Waals surface area contributed by atoms with E-state index in [1.165, 1.54) is 6.33 Å². The fourth-order valence-electron chi connectivity index (χ4n) is 1.96. The number of hydrogen-bond donors (Lipinski definition) is 3.